The summed E-state index contributed by atoms with van der Waals surface area (Å²) in [6, 6.07) is 6.51. The Morgan fingerprint density at radius 1 is 1.43 bits per heavy atom. The Morgan fingerprint density at radius 2 is 2.24 bits per heavy atom. The van der Waals surface area contributed by atoms with Gasteiger partial charge >= 0.3 is 0 Å². The average molecular weight is 302 g/mol. The number of hydrogen-bond acceptors (Lipinski definition) is 5. The van der Waals surface area contributed by atoms with E-state index in [0.29, 0.717) is 6.54 Å². The Hall–Kier alpha value is -2.41. The maximum atomic E-state index is 10.8. The summed E-state index contributed by atoms with van der Waals surface area (Å²) in [5, 5.41) is 16.1. The zero-order valence-corrected chi connectivity index (χ0v) is 12.5. The van der Waals surface area contributed by atoms with Crippen LogP contribution in [0.15, 0.2) is 29.6 Å². The lowest BCUT2D eigenvalue weighted by Gasteiger charge is -2.07. The maximum absolute atomic E-state index is 10.8. The Kier molecular flexibility index (Phi) is 3.34. The molecule has 2 aromatic heterocycles. The number of aromatic nitrogens is 2. The molecule has 0 atom stereocenters. The minimum Gasteiger partial charge on any atom is -0.379 e. The number of non-ortho nitro benzene ring substituents is 1. The standard InChI is InChI=1S/C14H14N4O2S/c1-9-8-21-14-16-10(2)13(17(9)14)7-15-11-4-3-5-12(6-11)18(19)20/h3-6,8,15H,7H2,1-2H3. The van der Waals surface area contributed by atoms with Crippen molar-refractivity contribution in [2.45, 2.75) is 20.4 Å². The fourth-order valence-electron chi connectivity index (χ4n) is 2.29. The topological polar surface area (TPSA) is 72.5 Å². The van der Waals surface area contributed by atoms with Gasteiger partial charge in [0.2, 0.25) is 0 Å². The van der Waals surface area contributed by atoms with Gasteiger partial charge in [0.05, 0.1) is 22.9 Å². The van der Waals surface area contributed by atoms with Crippen LogP contribution in [0.3, 0.4) is 0 Å². The van der Waals surface area contributed by atoms with Crippen molar-refractivity contribution in [1.82, 2.24) is 9.38 Å². The van der Waals surface area contributed by atoms with Crippen molar-refractivity contribution in [3.8, 4) is 0 Å². The number of nitrogens with one attached hydrogen (secondary N) is 1. The lowest BCUT2D eigenvalue weighted by molar-refractivity contribution is -0.384. The first-order valence-corrected chi connectivity index (χ1v) is 7.34. The number of rotatable bonds is 4. The summed E-state index contributed by atoms with van der Waals surface area (Å²) in [5.41, 5.74) is 4.01. The Morgan fingerprint density at radius 3 is 3.00 bits per heavy atom. The number of aryl methyl sites for hydroxylation is 2. The molecule has 108 valence electrons. The van der Waals surface area contributed by atoms with Gasteiger partial charge < -0.3 is 5.32 Å². The van der Waals surface area contributed by atoms with E-state index in [-0.39, 0.29) is 5.69 Å². The molecule has 0 aliphatic heterocycles. The Labute approximate surface area is 125 Å². The lowest BCUT2D eigenvalue weighted by atomic mass is 10.2. The zero-order chi connectivity index (χ0) is 15.0. The zero-order valence-electron chi connectivity index (χ0n) is 11.7. The van der Waals surface area contributed by atoms with E-state index in [1.165, 1.54) is 12.1 Å². The number of fused-ring (bicyclic) bond motifs is 1. The molecule has 0 aliphatic carbocycles. The number of benzene rings is 1. The molecule has 0 bridgehead atoms. The molecule has 1 N–H and O–H groups in total. The lowest BCUT2D eigenvalue weighted by Crippen LogP contribution is -2.05. The fourth-order valence-corrected chi connectivity index (χ4v) is 3.22. The number of thiazole rings is 1. The molecule has 0 radical (unpaired) electrons. The molecular formula is C14H14N4O2S. The molecule has 0 saturated carbocycles. The summed E-state index contributed by atoms with van der Waals surface area (Å²) < 4.78 is 2.12. The van der Waals surface area contributed by atoms with Crippen molar-refractivity contribution in [3.63, 3.8) is 0 Å². The maximum Gasteiger partial charge on any atom is 0.271 e. The molecule has 3 rings (SSSR count). The van der Waals surface area contributed by atoms with Gasteiger partial charge in [-0.1, -0.05) is 6.07 Å². The molecular weight excluding hydrogens is 288 g/mol. The third-order valence-corrected chi connectivity index (χ3v) is 4.29. The summed E-state index contributed by atoms with van der Waals surface area (Å²) >= 11 is 1.61. The smallest absolute Gasteiger partial charge is 0.271 e. The SMILES string of the molecule is Cc1nc2scc(C)n2c1CNc1cccc([N+](=O)[O-])c1. The van der Waals surface area contributed by atoms with Gasteiger partial charge in [-0.15, -0.1) is 11.3 Å². The van der Waals surface area contributed by atoms with Crippen LogP contribution in [0.1, 0.15) is 17.1 Å². The van der Waals surface area contributed by atoms with E-state index in [9.17, 15) is 10.1 Å². The minimum atomic E-state index is -0.392. The predicted octanol–water partition coefficient (Wildman–Crippen LogP) is 3.53. The molecule has 7 heteroatoms. The van der Waals surface area contributed by atoms with E-state index in [0.717, 1.165) is 27.7 Å². The molecule has 0 spiro atoms. The van der Waals surface area contributed by atoms with Crippen LogP contribution >= 0.6 is 11.3 Å². The van der Waals surface area contributed by atoms with Gasteiger partial charge in [0, 0.05) is 28.9 Å². The highest BCUT2D eigenvalue weighted by molar-refractivity contribution is 7.15. The van der Waals surface area contributed by atoms with Gasteiger partial charge in [0.25, 0.3) is 5.69 Å². The average Bonchev–Trinajstić information content (AvgIpc) is 2.96. The molecule has 0 amide bonds. The van der Waals surface area contributed by atoms with Gasteiger partial charge in [-0.3, -0.25) is 14.5 Å². The fraction of sp³-hybridized carbons (Fsp3) is 0.214. The molecule has 0 fully saturated rings. The first kappa shape index (κ1) is 13.6. The summed E-state index contributed by atoms with van der Waals surface area (Å²) in [6.45, 7) is 4.59. The molecule has 2 heterocycles. The number of nitro groups is 1. The summed E-state index contributed by atoms with van der Waals surface area (Å²) in [4.78, 5) is 15.9. The normalized spacial score (nSPS) is 11.0. The molecule has 0 unspecified atom stereocenters. The van der Waals surface area contributed by atoms with Gasteiger partial charge in [0.15, 0.2) is 4.96 Å². The van der Waals surface area contributed by atoms with E-state index >= 15 is 0 Å². The molecule has 0 aliphatic rings. The van der Waals surface area contributed by atoms with Crippen molar-refractivity contribution in [3.05, 3.63) is 56.8 Å². The molecule has 1 aromatic carbocycles. The molecule has 3 aromatic rings. The van der Waals surface area contributed by atoms with E-state index in [2.05, 4.69) is 20.1 Å². The first-order chi connectivity index (χ1) is 10.1. The highest BCUT2D eigenvalue weighted by atomic mass is 32.1. The quantitative estimate of drug-likeness (QED) is 0.591. The second kappa shape index (κ2) is 5.17. The van der Waals surface area contributed by atoms with Crippen LogP contribution in [-0.4, -0.2) is 14.3 Å². The van der Waals surface area contributed by atoms with Crippen LogP contribution < -0.4 is 5.32 Å². The van der Waals surface area contributed by atoms with E-state index in [1.807, 2.05) is 19.9 Å². The third-order valence-electron chi connectivity index (χ3n) is 3.35. The van der Waals surface area contributed by atoms with Crippen LogP contribution in [0.4, 0.5) is 11.4 Å². The van der Waals surface area contributed by atoms with Crippen molar-refractivity contribution in [1.29, 1.82) is 0 Å². The largest absolute Gasteiger partial charge is 0.379 e. The molecule has 21 heavy (non-hydrogen) atoms. The Bertz CT molecular complexity index is 822. The third kappa shape index (κ3) is 2.47. The van der Waals surface area contributed by atoms with Crippen LogP contribution in [0.25, 0.3) is 4.96 Å². The number of nitro benzene ring substituents is 1. The first-order valence-electron chi connectivity index (χ1n) is 6.46. The second-order valence-corrected chi connectivity index (χ2v) is 5.64. The second-order valence-electron chi connectivity index (χ2n) is 4.80. The summed E-state index contributed by atoms with van der Waals surface area (Å²) in [6.07, 6.45) is 0. The van der Waals surface area contributed by atoms with Crippen molar-refractivity contribution in [2.24, 2.45) is 0 Å². The van der Waals surface area contributed by atoms with Gasteiger partial charge in [0.1, 0.15) is 0 Å². The predicted molar refractivity (Wildman–Crippen MR) is 83.0 cm³/mol. The number of nitrogens with zero attached hydrogens (tertiary/aromatic N) is 3. The van der Waals surface area contributed by atoms with E-state index in [1.54, 1.807) is 17.4 Å². The van der Waals surface area contributed by atoms with Crippen LogP contribution in [-0.2, 0) is 6.54 Å². The summed E-state index contributed by atoms with van der Waals surface area (Å²) in [5.74, 6) is 0. The van der Waals surface area contributed by atoms with Crippen molar-refractivity contribution in [2.75, 3.05) is 5.32 Å². The summed E-state index contributed by atoms with van der Waals surface area (Å²) in [7, 11) is 0. The number of hydrogen-bond donors (Lipinski definition) is 1. The van der Waals surface area contributed by atoms with Crippen molar-refractivity contribution < 1.29 is 4.92 Å². The van der Waals surface area contributed by atoms with Crippen LogP contribution in [0, 0.1) is 24.0 Å². The van der Waals surface area contributed by atoms with Gasteiger partial charge in [-0.25, -0.2) is 4.98 Å². The highest BCUT2D eigenvalue weighted by Gasteiger charge is 2.12. The highest BCUT2D eigenvalue weighted by Crippen LogP contribution is 2.22. The number of anilines is 1. The van der Waals surface area contributed by atoms with E-state index < -0.39 is 4.92 Å². The van der Waals surface area contributed by atoms with Crippen LogP contribution in [0.2, 0.25) is 0 Å². The van der Waals surface area contributed by atoms with Crippen LogP contribution in [0.5, 0.6) is 0 Å². The monoisotopic (exact) mass is 302 g/mol. The van der Waals surface area contributed by atoms with Crippen molar-refractivity contribution >= 4 is 27.7 Å². The molecule has 6 nitrogen and oxygen atoms in total. The Balaban J connectivity index is 1.86. The van der Waals surface area contributed by atoms with Gasteiger partial charge in [-0.05, 0) is 19.9 Å². The number of imidazole rings is 1. The van der Waals surface area contributed by atoms with Gasteiger partial charge in [-0.2, -0.15) is 0 Å². The molecule has 0 saturated heterocycles. The van der Waals surface area contributed by atoms with E-state index in [4.69, 9.17) is 0 Å². The minimum absolute atomic E-state index is 0.0851.